The summed E-state index contributed by atoms with van der Waals surface area (Å²) in [4.78, 5) is 109. The van der Waals surface area contributed by atoms with E-state index in [0.29, 0.717) is 29.5 Å². The maximum atomic E-state index is 14.1. The van der Waals surface area contributed by atoms with Crippen LogP contribution in [-0.2, 0) is 28.8 Å². The summed E-state index contributed by atoms with van der Waals surface area (Å²) in [7, 11) is 0. The van der Waals surface area contributed by atoms with E-state index >= 15 is 0 Å². The van der Waals surface area contributed by atoms with Crippen molar-refractivity contribution >= 4 is 74.6 Å². The number of benzene rings is 1. The number of primary amides is 1. The van der Waals surface area contributed by atoms with Crippen LogP contribution in [0, 0.1) is 17.2 Å². The van der Waals surface area contributed by atoms with Crippen molar-refractivity contribution in [2.24, 2.45) is 23.3 Å². The molecule has 1 saturated heterocycles. The number of hydrogen-bond donors (Lipinski definition) is 10. The number of nitrogens with one attached hydrogen (secondary N) is 8. The minimum atomic E-state index is -1.23. The Morgan fingerprint density at radius 3 is 2.35 bits per heavy atom. The molecule has 7 amide bonds. The SMILES string of the molecule is CC(=O)N[C@H]1CC(=O)NCCCC[C@@H](C(=O)N[C@@H](CCCNC(=N)N)C(=O)c2nc3ccc(C(=O)N[C@@H](C(N)=O)C(C)C)cc3s2)NC(=O)[C@H](CC(C)C)NC1=O. The summed E-state index contributed by atoms with van der Waals surface area (Å²) in [6.07, 6.45) is 1.20. The molecule has 12 N–H and O–H groups in total. The third-order valence-corrected chi connectivity index (χ3v) is 10.1. The van der Waals surface area contributed by atoms with E-state index < -0.39 is 77.3 Å². The van der Waals surface area contributed by atoms with Crippen LogP contribution in [0.3, 0.4) is 0 Å². The van der Waals surface area contributed by atoms with Crippen LogP contribution in [0.5, 0.6) is 0 Å². The summed E-state index contributed by atoms with van der Waals surface area (Å²) >= 11 is 1.01. The highest BCUT2D eigenvalue weighted by atomic mass is 32.1. The standard InChI is InChI=1S/C37H55N11O8S/c1-18(2)15-25-34(55)45-24(9-6-7-13-41-28(50)17-26(35(56)46-25)43-20(5)49)33(54)44-23(10-8-14-42-37(39)40)30(51)36-47-22-12-11-21(16-27(22)57-36)32(53)48-29(19(3)4)31(38)52/h11-12,16,18-19,23-26,29H,6-10,13-15,17H2,1-5H3,(H2,38,52)(H,41,50)(H,43,49)(H,44,54)(H,45,55)(H,46,56)(H,48,53)(H4,39,40,42)/t23-,24-,25-,26-,29+/m0/s1. The van der Waals surface area contributed by atoms with Crippen LogP contribution in [0.25, 0.3) is 10.2 Å². The van der Waals surface area contributed by atoms with Crippen LogP contribution >= 0.6 is 11.3 Å². The van der Waals surface area contributed by atoms with Crippen molar-refractivity contribution in [3.63, 3.8) is 0 Å². The molecule has 1 aromatic carbocycles. The zero-order valence-corrected chi connectivity index (χ0v) is 33.7. The van der Waals surface area contributed by atoms with E-state index in [0.717, 1.165) is 11.3 Å². The number of carbonyl (C=O) groups is 8. The number of hydrogen-bond acceptors (Lipinski definition) is 11. The fourth-order valence-electron chi connectivity index (χ4n) is 6.11. The highest BCUT2D eigenvalue weighted by molar-refractivity contribution is 7.20. The first-order valence-corrected chi connectivity index (χ1v) is 19.8. The normalized spacial score (nSPS) is 19.3. The number of rotatable bonds is 15. The van der Waals surface area contributed by atoms with Gasteiger partial charge in [0, 0.05) is 25.6 Å². The number of aromatic nitrogens is 1. The Balaban J connectivity index is 1.90. The smallest absolute Gasteiger partial charge is 0.251 e. The van der Waals surface area contributed by atoms with Gasteiger partial charge in [-0.1, -0.05) is 27.7 Å². The van der Waals surface area contributed by atoms with Crippen LogP contribution < -0.4 is 48.7 Å². The number of Topliss-reactive ketones (excluding diaryl/α,β-unsaturated/α-hetero) is 1. The van der Waals surface area contributed by atoms with Gasteiger partial charge in [0.25, 0.3) is 5.91 Å². The summed E-state index contributed by atoms with van der Waals surface area (Å²) < 4.78 is 0.499. The van der Waals surface area contributed by atoms with Crippen molar-refractivity contribution in [2.45, 2.75) is 110 Å². The Morgan fingerprint density at radius 1 is 1.00 bits per heavy atom. The minimum Gasteiger partial charge on any atom is -0.370 e. The van der Waals surface area contributed by atoms with Gasteiger partial charge < -0.3 is 48.7 Å². The zero-order valence-electron chi connectivity index (χ0n) is 32.9. The maximum Gasteiger partial charge on any atom is 0.251 e. The molecule has 5 atom stereocenters. The monoisotopic (exact) mass is 813 g/mol. The third-order valence-electron chi connectivity index (χ3n) is 9.04. The van der Waals surface area contributed by atoms with Crippen LogP contribution in [0.1, 0.15) is 99.7 Å². The van der Waals surface area contributed by atoms with Gasteiger partial charge in [-0.15, -0.1) is 11.3 Å². The van der Waals surface area contributed by atoms with E-state index in [2.05, 4.69) is 42.2 Å². The number of nitrogens with two attached hydrogens (primary N) is 2. The highest BCUT2D eigenvalue weighted by Gasteiger charge is 2.33. The van der Waals surface area contributed by atoms with Gasteiger partial charge in [0.15, 0.2) is 11.0 Å². The Hall–Kier alpha value is -5.66. The molecular weight excluding hydrogens is 759 g/mol. The molecule has 3 rings (SSSR count). The Kier molecular flexibility index (Phi) is 17.3. The number of amides is 7. The molecule has 312 valence electrons. The molecule has 0 unspecified atom stereocenters. The molecule has 57 heavy (non-hydrogen) atoms. The zero-order chi connectivity index (χ0) is 42.4. The summed E-state index contributed by atoms with van der Waals surface area (Å²) in [5, 5.41) is 26.2. The largest absolute Gasteiger partial charge is 0.370 e. The summed E-state index contributed by atoms with van der Waals surface area (Å²) in [6, 6.07) is -0.914. The molecule has 2 heterocycles. The molecule has 1 aromatic heterocycles. The van der Waals surface area contributed by atoms with E-state index in [1.54, 1.807) is 26.0 Å². The van der Waals surface area contributed by atoms with Gasteiger partial charge in [0.05, 0.1) is 22.7 Å². The molecule has 20 heteroatoms. The van der Waals surface area contributed by atoms with Crippen molar-refractivity contribution < 1.29 is 38.4 Å². The van der Waals surface area contributed by atoms with Crippen molar-refractivity contribution in [2.75, 3.05) is 13.1 Å². The number of guanidine groups is 1. The van der Waals surface area contributed by atoms with Crippen molar-refractivity contribution in [1.29, 1.82) is 5.41 Å². The molecule has 19 nitrogen and oxygen atoms in total. The van der Waals surface area contributed by atoms with Gasteiger partial charge >= 0.3 is 0 Å². The molecular formula is C37H55N11O8S. The molecule has 0 spiro atoms. The molecule has 0 aliphatic carbocycles. The van der Waals surface area contributed by atoms with Gasteiger partial charge in [-0.2, -0.15) is 0 Å². The van der Waals surface area contributed by atoms with Gasteiger partial charge in [0.1, 0.15) is 24.2 Å². The molecule has 0 saturated carbocycles. The Morgan fingerprint density at radius 2 is 1.72 bits per heavy atom. The average Bonchev–Trinajstić information content (AvgIpc) is 3.56. The lowest BCUT2D eigenvalue weighted by molar-refractivity contribution is -0.135. The number of fused-ring (bicyclic) bond motifs is 1. The lowest BCUT2D eigenvalue weighted by Gasteiger charge is -2.27. The van der Waals surface area contributed by atoms with Gasteiger partial charge in [-0.05, 0) is 68.6 Å². The van der Waals surface area contributed by atoms with Crippen molar-refractivity contribution in [3.05, 3.63) is 28.8 Å². The van der Waals surface area contributed by atoms with Crippen molar-refractivity contribution in [3.8, 4) is 0 Å². The summed E-state index contributed by atoms with van der Waals surface area (Å²) in [5.74, 6) is -5.41. The lowest BCUT2D eigenvalue weighted by Crippen LogP contribution is -2.58. The molecule has 1 fully saturated rings. The minimum absolute atomic E-state index is 0.0452. The second kappa shape index (κ2) is 21.6. The van der Waals surface area contributed by atoms with Gasteiger partial charge in [-0.25, -0.2) is 4.98 Å². The van der Waals surface area contributed by atoms with E-state index in [1.165, 1.54) is 13.0 Å². The predicted molar refractivity (Wildman–Crippen MR) is 213 cm³/mol. The first-order chi connectivity index (χ1) is 26.9. The highest BCUT2D eigenvalue weighted by Crippen LogP contribution is 2.25. The lowest BCUT2D eigenvalue weighted by atomic mass is 10.00. The second-order valence-corrected chi connectivity index (χ2v) is 15.8. The van der Waals surface area contributed by atoms with Crippen LogP contribution in [-0.4, -0.2) is 101 Å². The van der Waals surface area contributed by atoms with Crippen LogP contribution in [0.15, 0.2) is 18.2 Å². The van der Waals surface area contributed by atoms with E-state index in [1.807, 2.05) is 13.8 Å². The van der Waals surface area contributed by atoms with Crippen LogP contribution in [0.2, 0.25) is 0 Å². The fraction of sp³-hybridized carbons (Fsp3) is 0.568. The van der Waals surface area contributed by atoms with E-state index in [4.69, 9.17) is 16.9 Å². The first-order valence-electron chi connectivity index (χ1n) is 18.9. The number of carbonyl (C=O) groups excluding carboxylic acids is 8. The number of thiazole rings is 1. The van der Waals surface area contributed by atoms with E-state index in [9.17, 15) is 38.4 Å². The molecule has 1 aliphatic rings. The second-order valence-electron chi connectivity index (χ2n) is 14.8. The van der Waals surface area contributed by atoms with Gasteiger partial charge in [-0.3, -0.25) is 43.8 Å². The summed E-state index contributed by atoms with van der Waals surface area (Å²) in [6.45, 7) is 8.82. The first kappa shape index (κ1) is 45.7. The van der Waals surface area contributed by atoms with Gasteiger partial charge in [0.2, 0.25) is 41.2 Å². The predicted octanol–water partition coefficient (Wildman–Crippen LogP) is -0.323. The molecule has 1 aliphatic heterocycles. The quantitative estimate of drug-likeness (QED) is 0.0481. The average molecular weight is 814 g/mol. The van der Waals surface area contributed by atoms with Crippen LogP contribution in [0.4, 0.5) is 0 Å². The topological polar surface area (TPSA) is 310 Å². The van der Waals surface area contributed by atoms with Crippen molar-refractivity contribution in [1.82, 2.24) is 42.2 Å². The molecule has 0 radical (unpaired) electrons. The fourth-order valence-corrected chi connectivity index (χ4v) is 7.11. The third kappa shape index (κ3) is 14.4. The Bertz CT molecular complexity index is 1830. The summed E-state index contributed by atoms with van der Waals surface area (Å²) in [5.41, 5.74) is 11.5. The molecule has 2 aromatic rings. The molecule has 0 bridgehead atoms. The Labute approximate surface area is 334 Å². The maximum absolute atomic E-state index is 14.1. The number of ketones is 1. The van der Waals surface area contributed by atoms with E-state index in [-0.39, 0.29) is 67.1 Å². The number of nitrogens with zero attached hydrogens (tertiary/aromatic N) is 1.